The predicted octanol–water partition coefficient (Wildman–Crippen LogP) is 1.73. The molecule has 1 saturated heterocycles. The largest absolute Gasteiger partial charge is 0.451 e. The minimum absolute atomic E-state index is 0.205. The van der Waals surface area contributed by atoms with Crippen LogP contribution in [0.3, 0.4) is 0 Å². The summed E-state index contributed by atoms with van der Waals surface area (Å²) in [6, 6.07) is 1.72. The number of hydrogen-bond donors (Lipinski definition) is 0. The molecular weight excluding hydrogens is 338 g/mol. The van der Waals surface area contributed by atoms with Crippen LogP contribution in [-0.2, 0) is 14.3 Å². The second-order valence-corrected chi connectivity index (χ2v) is 7.33. The first-order chi connectivity index (χ1) is 11.0. The van der Waals surface area contributed by atoms with Crippen LogP contribution in [-0.4, -0.2) is 54.9 Å². The van der Waals surface area contributed by atoms with E-state index in [1.165, 1.54) is 22.7 Å². The van der Waals surface area contributed by atoms with Gasteiger partial charge >= 0.3 is 5.97 Å². The van der Waals surface area contributed by atoms with E-state index < -0.39 is 18.5 Å². The number of ether oxygens (including phenoxy) is 1. The number of amides is 2. The molecule has 7 nitrogen and oxygen atoms in total. The lowest BCUT2D eigenvalue weighted by Crippen LogP contribution is -2.35. The molecule has 1 fully saturated rings. The van der Waals surface area contributed by atoms with Crippen LogP contribution < -0.4 is 4.90 Å². The molecule has 1 aliphatic rings. The molecule has 9 heteroatoms. The topological polar surface area (TPSA) is 79.8 Å². The van der Waals surface area contributed by atoms with Crippen LogP contribution in [0.25, 0.3) is 9.53 Å². The maximum Gasteiger partial charge on any atom is 0.348 e. The minimum atomic E-state index is -0.563. The summed E-state index contributed by atoms with van der Waals surface area (Å²) in [5, 5.41) is 0.869. The van der Waals surface area contributed by atoms with Crippen LogP contribution in [0.1, 0.15) is 22.5 Å². The molecule has 2 aromatic heterocycles. The summed E-state index contributed by atoms with van der Waals surface area (Å²) in [5.41, 5.74) is 0. The number of anilines is 1. The van der Waals surface area contributed by atoms with Gasteiger partial charge in [-0.2, -0.15) is 0 Å². The van der Waals surface area contributed by atoms with Crippen molar-refractivity contribution >= 4 is 55.1 Å². The van der Waals surface area contributed by atoms with Crippen LogP contribution in [0, 0.1) is 0 Å². The Labute approximate surface area is 140 Å². The van der Waals surface area contributed by atoms with Crippen molar-refractivity contribution in [1.82, 2.24) is 9.88 Å². The molecule has 0 aromatic carbocycles. The molecule has 0 saturated carbocycles. The molecule has 2 amide bonds. The highest BCUT2D eigenvalue weighted by Gasteiger charge is 2.27. The zero-order valence-electron chi connectivity index (χ0n) is 12.7. The fourth-order valence-corrected chi connectivity index (χ4v) is 4.23. The molecule has 3 heterocycles. The van der Waals surface area contributed by atoms with Gasteiger partial charge in [-0.1, -0.05) is 11.3 Å². The van der Waals surface area contributed by atoms with Gasteiger partial charge in [0.2, 0.25) is 5.91 Å². The van der Waals surface area contributed by atoms with Crippen molar-refractivity contribution in [3.05, 3.63) is 10.9 Å². The van der Waals surface area contributed by atoms with Crippen LogP contribution in [0.5, 0.6) is 0 Å². The number of esters is 1. The Balaban J connectivity index is 1.63. The van der Waals surface area contributed by atoms with Crippen molar-refractivity contribution in [2.24, 2.45) is 0 Å². The first-order valence-electron chi connectivity index (χ1n) is 7.03. The Morgan fingerprint density at radius 1 is 1.39 bits per heavy atom. The lowest BCUT2D eigenvalue weighted by atomic mass is 10.4. The predicted molar refractivity (Wildman–Crippen MR) is 88.1 cm³/mol. The van der Waals surface area contributed by atoms with Crippen LogP contribution >= 0.6 is 22.7 Å². The number of carbonyl (C=O) groups is 3. The van der Waals surface area contributed by atoms with Gasteiger partial charge in [-0.05, 0) is 12.5 Å². The third kappa shape index (κ3) is 3.20. The van der Waals surface area contributed by atoms with E-state index in [1.54, 1.807) is 6.07 Å². The third-order valence-corrected chi connectivity index (χ3v) is 5.67. The third-order valence-electron chi connectivity index (χ3n) is 3.36. The molecule has 0 bridgehead atoms. The molecular formula is C14H15N3O4S2. The summed E-state index contributed by atoms with van der Waals surface area (Å²) in [6.45, 7) is -0.00627. The van der Waals surface area contributed by atoms with Crippen LogP contribution in [0.15, 0.2) is 6.07 Å². The van der Waals surface area contributed by atoms with Crippen molar-refractivity contribution in [3.8, 4) is 0 Å². The summed E-state index contributed by atoms with van der Waals surface area (Å²) in [5.74, 6) is -1.23. The number of fused-ring (bicyclic) bond motifs is 1. The second-order valence-electron chi connectivity index (χ2n) is 5.29. The maximum absolute atomic E-state index is 12.0. The maximum atomic E-state index is 12.0. The van der Waals surface area contributed by atoms with Gasteiger partial charge in [0.1, 0.15) is 9.71 Å². The van der Waals surface area contributed by atoms with Gasteiger partial charge in [-0.3, -0.25) is 14.5 Å². The fraction of sp³-hybridized carbons (Fsp3) is 0.429. The van der Waals surface area contributed by atoms with Gasteiger partial charge in [-0.15, -0.1) is 11.3 Å². The van der Waals surface area contributed by atoms with E-state index in [9.17, 15) is 14.4 Å². The zero-order chi connectivity index (χ0) is 16.6. The fourth-order valence-electron chi connectivity index (χ4n) is 2.20. The summed E-state index contributed by atoms with van der Waals surface area (Å²) < 4.78 is 5.93. The van der Waals surface area contributed by atoms with Crippen molar-refractivity contribution in [2.75, 3.05) is 32.1 Å². The number of carbonyl (C=O) groups excluding carboxylic acids is 3. The molecule has 0 aliphatic carbocycles. The van der Waals surface area contributed by atoms with E-state index in [4.69, 9.17) is 4.74 Å². The Kier molecular flexibility index (Phi) is 4.31. The van der Waals surface area contributed by atoms with Gasteiger partial charge < -0.3 is 9.64 Å². The normalized spacial score (nSPS) is 14.5. The first kappa shape index (κ1) is 15.9. The Morgan fingerprint density at radius 3 is 2.78 bits per heavy atom. The van der Waals surface area contributed by atoms with E-state index in [1.807, 2.05) is 19.0 Å². The van der Waals surface area contributed by atoms with Crippen molar-refractivity contribution in [1.29, 1.82) is 0 Å². The van der Waals surface area contributed by atoms with E-state index >= 15 is 0 Å². The highest BCUT2D eigenvalue weighted by molar-refractivity contribution is 7.29. The summed E-state index contributed by atoms with van der Waals surface area (Å²) >= 11 is 2.72. The molecule has 0 radical (unpaired) electrons. The van der Waals surface area contributed by atoms with Crippen molar-refractivity contribution in [2.45, 2.75) is 12.8 Å². The highest BCUT2D eigenvalue weighted by Crippen LogP contribution is 2.34. The van der Waals surface area contributed by atoms with E-state index in [-0.39, 0.29) is 5.91 Å². The summed E-state index contributed by atoms with van der Waals surface area (Å²) in [4.78, 5) is 44.0. The molecule has 0 atom stereocenters. The lowest BCUT2D eigenvalue weighted by molar-refractivity contribution is -0.143. The molecule has 122 valence electrons. The van der Waals surface area contributed by atoms with Crippen LogP contribution in [0.4, 0.5) is 5.13 Å². The van der Waals surface area contributed by atoms with Crippen LogP contribution in [0.2, 0.25) is 0 Å². The summed E-state index contributed by atoms with van der Waals surface area (Å²) in [6.07, 6.45) is 1.04. The number of thiazole rings is 1. The number of rotatable bonds is 4. The average molecular weight is 353 g/mol. The quantitative estimate of drug-likeness (QED) is 0.779. The molecule has 0 spiro atoms. The van der Waals surface area contributed by atoms with Gasteiger partial charge in [0.15, 0.2) is 11.7 Å². The lowest BCUT2D eigenvalue weighted by Gasteiger charge is -2.12. The highest BCUT2D eigenvalue weighted by atomic mass is 32.1. The number of aromatic nitrogens is 1. The van der Waals surface area contributed by atoms with Gasteiger partial charge in [0, 0.05) is 27.1 Å². The molecule has 23 heavy (non-hydrogen) atoms. The smallest absolute Gasteiger partial charge is 0.348 e. The van der Waals surface area contributed by atoms with Gasteiger partial charge in [0.25, 0.3) is 5.91 Å². The van der Waals surface area contributed by atoms with E-state index in [0.717, 1.165) is 19.6 Å². The van der Waals surface area contributed by atoms with Crippen molar-refractivity contribution in [3.63, 3.8) is 0 Å². The Morgan fingerprint density at radius 2 is 2.17 bits per heavy atom. The monoisotopic (exact) mass is 353 g/mol. The van der Waals surface area contributed by atoms with Gasteiger partial charge in [0.05, 0.1) is 4.70 Å². The van der Waals surface area contributed by atoms with E-state index in [2.05, 4.69) is 4.98 Å². The summed E-state index contributed by atoms with van der Waals surface area (Å²) in [7, 11) is 3.81. The SMILES string of the molecule is CN(C)c1nc2sc(C(=O)OCC(=O)N3CCCC3=O)cc2s1. The average Bonchev–Trinajstić information content (AvgIpc) is 3.17. The van der Waals surface area contributed by atoms with Gasteiger partial charge in [-0.25, -0.2) is 9.78 Å². The number of imide groups is 1. The molecule has 3 rings (SSSR count). The molecule has 2 aromatic rings. The second kappa shape index (κ2) is 6.25. The number of thiophene rings is 1. The molecule has 0 N–H and O–H groups in total. The van der Waals surface area contributed by atoms with E-state index in [0.29, 0.717) is 24.3 Å². The number of nitrogens with zero attached hydrogens (tertiary/aromatic N) is 3. The Hall–Kier alpha value is -2.00. The number of hydrogen-bond acceptors (Lipinski definition) is 8. The molecule has 0 unspecified atom stereocenters. The zero-order valence-corrected chi connectivity index (χ0v) is 14.3. The molecule has 1 aliphatic heterocycles. The minimum Gasteiger partial charge on any atom is -0.451 e. The van der Waals surface area contributed by atoms with Crippen molar-refractivity contribution < 1.29 is 19.1 Å². The Bertz CT molecular complexity index is 749. The first-order valence-corrected chi connectivity index (χ1v) is 8.67. The number of likely N-dealkylation sites (tertiary alicyclic amines) is 1. The standard InChI is InChI=1S/C14H15N3O4S2/c1-16(2)14-15-12-8(23-14)6-9(22-12)13(20)21-7-11(19)17-5-3-4-10(17)18/h6H,3-5,7H2,1-2H3.